The van der Waals surface area contributed by atoms with Gasteiger partial charge in [-0.15, -0.1) is 0 Å². The molecule has 0 bridgehead atoms. The normalized spacial score (nSPS) is 16.9. The second kappa shape index (κ2) is 7.74. The fourth-order valence-corrected chi connectivity index (χ4v) is 3.39. The zero-order chi connectivity index (χ0) is 16.0. The summed E-state index contributed by atoms with van der Waals surface area (Å²) in [5, 5.41) is 3.03. The molecular weight excluding hydrogens is 302 g/mol. The fraction of sp³-hybridized carbons (Fsp3) is 0.562. The van der Waals surface area contributed by atoms with Crippen LogP contribution in [0, 0.1) is 0 Å². The molecule has 1 aliphatic heterocycles. The third-order valence-corrected chi connectivity index (χ3v) is 5.48. The Kier molecular flexibility index (Phi) is 5.97. The van der Waals surface area contributed by atoms with Gasteiger partial charge in [0.2, 0.25) is 0 Å². The molecule has 0 aliphatic carbocycles. The minimum atomic E-state index is -0.172. The zero-order valence-electron chi connectivity index (χ0n) is 13.3. The van der Waals surface area contributed by atoms with Crippen LogP contribution in [0.3, 0.4) is 0 Å². The molecule has 0 unspecified atom stereocenters. The first-order valence-corrected chi connectivity index (χ1v) is 8.50. The molecule has 122 valence electrons. The summed E-state index contributed by atoms with van der Waals surface area (Å²) < 4.78 is 16.0. The fourth-order valence-electron chi connectivity index (χ4n) is 2.60. The summed E-state index contributed by atoms with van der Waals surface area (Å²) in [6.07, 6.45) is 3.97. The summed E-state index contributed by atoms with van der Waals surface area (Å²) in [5.74, 6) is 0.860. The Labute approximate surface area is 135 Å². The van der Waals surface area contributed by atoms with Crippen molar-refractivity contribution < 1.29 is 19.0 Å². The lowest BCUT2D eigenvalue weighted by Crippen LogP contribution is -2.44. The molecule has 1 saturated heterocycles. The highest BCUT2D eigenvalue weighted by Crippen LogP contribution is 2.34. The zero-order valence-corrected chi connectivity index (χ0v) is 14.1. The second-order valence-electron chi connectivity index (χ2n) is 5.22. The molecule has 0 saturated carbocycles. The highest BCUT2D eigenvalue weighted by Gasteiger charge is 2.32. The van der Waals surface area contributed by atoms with E-state index in [9.17, 15) is 4.79 Å². The molecule has 1 aromatic carbocycles. The number of methoxy groups -OCH3 is 2. The SMILES string of the molecule is COc1cccc(OC)c1C(=O)NCC1(SC)CCOCC1. The van der Waals surface area contributed by atoms with Crippen LogP contribution in [0.2, 0.25) is 0 Å². The largest absolute Gasteiger partial charge is 0.496 e. The molecule has 0 aromatic heterocycles. The van der Waals surface area contributed by atoms with Gasteiger partial charge in [0.1, 0.15) is 17.1 Å². The van der Waals surface area contributed by atoms with Crippen LogP contribution in [0.25, 0.3) is 0 Å². The summed E-state index contributed by atoms with van der Waals surface area (Å²) >= 11 is 1.79. The van der Waals surface area contributed by atoms with Gasteiger partial charge in [-0.1, -0.05) is 6.07 Å². The molecule has 2 rings (SSSR count). The monoisotopic (exact) mass is 325 g/mol. The van der Waals surface area contributed by atoms with Gasteiger partial charge < -0.3 is 19.5 Å². The number of nitrogens with one attached hydrogen (secondary N) is 1. The number of amides is 1. The van der Waals surface area contributed by atoms with Crippen molar-refractivity contribution in [3.05, 3.63) is 23.8 Å². The van der Waals surface area contributed by atoms with E-state index in [1.165, 1.54) is 0 Å². The van der Waals surface area contributed by atoms with Crippen LogP contribution in [0.5, 0.6) is 11.5 Å². The number of ether oxygens (including phenoxy) is 3. The van der Waals surface area contributed by atoms with Gasteiger partial charge in [-0.3, -0.25) is 4.79 Å². The Morgan fingerprint density at radius 3 is 2.36 bits per heavy atom. The standard InChI is InChI=1S/C16H23NO4S/c1-19-12-5-4-6-13(20-2)14(12)15(18)17-11-16(22-3)7-9-21-10-8-16/h4-6H,7-11H2,1-3H3,(H,17,18). The summed E-state index contributed by atoms with van der Waals surface area (Å²) in [6.45, 7) is 2.10. The lowest BCUT2D eigenvalue weighted by Gasteiger charge is -2.35. The third kappa shape index (κ3) is 3.67. The van der Waals surface area contributed by atoms with Gasteiger partial charge in [0.05, 0.1) is 14.2 Å². The van der Waals surface area contributed by atoms with Crippen molar-refractivity contribution >= 4 is 17.7 Å². The van der Waals surface area contributed by atoms with Crippen molar-refractivity contribution in [2.75, 3.05) is 40.2 Å². The van der Waals surface area contributed by atoms with Gasteiger partial charge in [0, 0.05) is 24.5 Å². The Morgan fingerprint density at radius 1 is 1.27 bits per heavy atom. The van der Waals surface area contributed by atoms with Crippen molar-refractivity contribution in [1.29, 1.82) is 0 Å². The van der Waals surface area contributed by atoms with E-state index < -0.39 is 0 Å². The highest BCUT2D eigenvalue weighted by molar-refractivity contribution is 8.00. The molecule has 1 aromatic rings. The molecule has 1 N–H and O–H groups in total. The van der Waals surface area contributed by atoms with E-state index in [-0.39, 0.29) is 10.7 Å². The Morgan fingerprint density at radius 2 is 1.86 bits per heavy atom. The smallest absolute Gasteiger partial charge is 0.258 e. The average molecular weight is 325 g/mol. The van der Waals surface area contributed by atoms with E-state index in [0.717, 1.165) is 26.1 Å². The maximum Gasteiger partial charge on any atom is 0.258 e. The van der Waals surface area contributed by atoms with E-state index in [4.69, 9.17) is 14.2 Å². The quantitative estimate of drug-likeness (QED) is 0.870. The van der Waals surface area contributed by atoms with Gasteiger partial charge in [0.25, 0.3) is 5.91 Å². The molecule has 1 heterocycles. The van der Waals surface area contributed by atoms with Crippen molar-refractivity contribution in [3.8, 4) is 11.5 Å². The lowest BCUT2D eigenvalue weighted by atomic mass is 9.98. The topological polar surface area (TPSA) is 56.8 Å². The number of benzene rings is 1. The maximum absolute atomic E-state index is 12.6. The number of carbonyl (C=O) groups is 1. The van der Waals surface area contributed by atoms with Crippen LogP contribution >= 0.6 is 11.8 Å². The van der Waals surface area contributed by atoms with Gasteiger partial charge in [-0.05, 0) is 31.2 Å². The minimum Gasteiger partial charge on any atom is -0.496 e. The van der Waals surface area contributed by atoms with Gasteiger partial charge in [-0.2, -0.15) is 11.8 Å². The van der Waals surface area contributed by atoms with Crippen molar-refractivity contribution in [2.45, 2.75) is 17.6 Å². The van der Waals surface area contributed by atoms with Crippen LogP contribution in [-0.2, 0) is 4.74 Å². The van der Waals surface area contributed by atoms with Crippen LogP contribution in [-0.4, -0.2) is 50.9 Å². The van der Waals surface area contributed by atoms with E-state index >= 15 is 0 Å². The van der Waals surface area contributed by atoms with E-state index in [0.29, 0.717) is 23.6 Å². The van der Waals surface area contributed by atoms with Crippen molar-refractivity contribution in [2.24, 2.45) is 0 Å². The van der Waals surface area contributed by atoms with E-state index in [2.05, 4.69) is 11.6 Å². The number of thioether (sulfide) groups is 1. The summed E-state index contributed by atoms with van der Waals surface area (Å²) in [6, 6.07) is 5.32. The number of carbonyl (C=O) groups excluding carboxylic acids is 1. The number of rotatable bonds is 6. The Hall–Kier alpha value is -1.40. The van der Waals surface area contributed by atoms with E-state index in [1.807, 2.05) is 0 Å². The highest BCUT2D eigenvalue weighted by atomic mass is 32.2. The molecule has 1 aliphatic rings. The van der Waals surface area contributed by atoms with E-state index in [1.54, 1.807) is 44.2 Å². The van der Waals surface area contributed by atoms with Crippen LogP contribution in [0.15, 0.2) is 18.2 Å². The molecule has 0 radical (unpaired) electrons. The Balaban J connectivity index is 2.12. The molecule has 22 heavy (non-hydrogen) atoms. The minimum absolute atomic E-state index is 0.0448. The first kappa shape index (κ1) is 17.0. The van der Waals surface area contributed by atoms with Gasteiger partial charge in [0.15, 0.2) is 0 Å². The van der Waals surface area contributed by atoms with Crippen LogP contribution in [0.4, 0.5) is 0 Å². The average Bonchev–Trinajstić information content (AvgIpc) is 2.59. The Bertz CT molecular complexity index is 493. The van der Waals surface area contributed by atoms with Crippen molar-refractivity contribution in [1.82, 2.24) is 5.32 Å². The van der Waals surface area contributed by atoms with Crippen molar-refractivity contribution in [3.63, 3.8) is 0 Å². The van der Waals surface area contributed by atoms with Crippen LogP contribution < -0.4 is 14.8 Å². The third-order valence-electron chi connectivity index (χ3n) is 4.06. The van der Waals surface area contributed by atoms with Gasteiger partial charge >= 0.3 is 0 Å². The molecule has 0 spiro atoms. The second-order valence-corrected chi connectivity index (χ2v) is 6.49. The maximum atomic E-state index is 12.6. The molecule has 0 atom stereocenters. The van der Waals surface area contributed by atoms with Crippen LogP contribution in [0.1, 0.15) is 23.2 Å². The summed E-state index contributed by atoms with van der Waals surface area (Å²) in [7, 11) is 3.10. The summed E-state index contributed by atoms with van der Waals surface area (Å²) in [5.41, 5.74) is 0.441. The number of hydrogen-bond donors (Lipinski definition) is 1. The summed E-state index contributed by atoms with van der Waals surface area (Å²) in [4.78, 5) is 12.6. The molecule has 5 nitrogen and oxygen atoms in total. The number of hydrogen-bond acceptors (Lipinski definition) is 5. The molecule has 6 heteroatoms. The molecular formula is C16H23NO4S. The molecule has 1 amide bonds. The lowest BCUT2D eigenvalue weighted by molar-refractivity contribution is 0.0740. The van der Waals surface area contributed by atoms with Gasteiger partial charge in [-0.25, -0.2) is 0 Å². The first-order valence-electron chi connectivity index (χ1n) is 7.28. The molecule has 1 fully saturated rings. The predicted molar refractivity (Wildman–Crippen MR) is 88.2 cm³/mol. The first-order chi connectivity index (χ1) is 10.7. The predicted octanol–water partition coefficient (Wildman–Crippen LogP) is 2.35.